The molecule has 0 aliphatic heterocycles. The van der Waals surface area contributed by atoms with E-state index >= 15 is 0 Å². The molecule has 0 atom stereocenters. The number of nitrogens with two attached hydrogens (primary N) is 1. The third-order valence-electron chi connectivity index (χ3n) is 2.70. The third-order valence-corrected chi connectivity index (χ3v) is 2.70. The maximum Gasteiger partial charge on any atom is 0.119 e. The Labute approximate surface area is 123 Å². The van der Waals surface area contributed by atoms with Gasteiger partial charge >= 0.3 is 0 Å². The van der Waals surface area contributed by atoms with Crippen LogP contribution in [0.4, 0.5) is 4.39 Å². The highest BCUT2D eigenvalue weighted by atomic mass is 35.5. The van der Waals surface area contributed by atoms with Crippen LogP contribution in [-0.2, 0) is 7.05 Å². The highest BCUT2D eigenvalue weighted by Gasteiger charge is 2.02. The van der Waals surface area contributed by atoms with E-state index in [4.69, 9.17) is 10.5 Å². The molecular formula is C14H17ClFN3O. The van der Waals surface area contributed by atoms with Crippen molar-refractivity contribution in [2.24, 2.45) is 12.8 Å². The molecular weight excluding hydrogens is 281 g/mol. The molecule has 1 heterocycles. The molecule has 6 heteroatoms. The Kier molecular flexibility index (Phi) is 6.21. The van der Waals surface area contributed by atoms with E-state index in [1.807, 2.05) is 43.6 Å². The minimum absolute atomic E-state index is 0. The van der Waals surface area contributed by atoms with Gasteiger partial charge < -0.3 is 10.5 Å². The van der Waals surface area contributed by atoms with Crippen LogP contribution in [0, 0.1) is 0 Å². The number of rotatable bonds is 5. The van der Waals surface area contributed by atoms with Gasteiger partial charge in [-0.25, -0.2) is 4.39 Å². The molecule has 20 heavy (non-hydrogen) atoms. The van der Waals surface area contributed by atoms with E-state index in [1.165, 1.54) is 0 Å². The molecule has 2 N–H and O–H groups in total. The maximum atomic E-state index is 12.3. The average molecular weight is 298 g/mol. The van der Waals surface area contributed by atoms with E-state index in [2.05, 4.69) is 5.10 Å². The van der Waals surface area contributed by atoms with Gasteiger partial charge in [0, 0.05) is 30.9 Å². The summed E-state index contributed by atoms with van der Waals surface area (Å²) in [6, 6.07) is 9.43. The molecule has 0 bridgehead atoms. The molecule has 0 amide bonds. The van der Waals surface area contributed by atoms with Crippen molar-refractivity contribution < 1.29 is 9.13 Å². The van der Waals surface area contributed by atoms with Gasteiger partial charge in [-0.1, -0.05) is 0 Å². The second kappa shape index (κ2) is 7.67. The van der Waals surface area contributed by atoms with Crippen molar-refractivity contribution in [3.05, 3.63) is 48.4 Å². The lowest BCUT2D eigenvalue weighted by Gasteiger charge is -2.07. The fourth-order valence-electron chi connectivity index (χ4n) is 1.60. The van der Waals surface area contributed by atoms with Crippen molar-refractivity contribution >= 4 is 12.4 Å². The largest absolute Gasteiger partial charge is 0.489 e. The van der Waals surface area contributed by atoms with Gasteiger partial charge in [0.05, 0.1) is 12.0 Å². The normalized spacial score (nSPS) is 11.1. The number of benzene rings is 1. The van der Waals surface area contributed by atoms with E-state index in [-0.39, 0.29) is 25.6 Å². The molecule has 0 unspecified atom stereocenters. The first-order valence-electron chi connectivity index (χ1n) is 5.94. The van der Waals surface area contributed by atoms with Gasteiger partial charge in [-0.2, -0.15) is 5.10 Å². The Bertz CT molecular complexity index is 566. The lowest BCUT2D eigenvalue weighted by Crippen LogP contribution is -2.10. The minimum atomic E-state index is 0. The van der Waals surface area contributed by atoms with Crippen LogP contribution >= 0.6 is 12.4 Å². The topological polar surface area (TPSA) is 53.1 Å². The van der Waals surface area contributed by atoms with Gasteiger partial charge in [0.2, 0.25) is 0 Å². The first-order chi connectivity index (χ1) is 9.22. The summed E-state index contributed by atoms with van der Waals surface area (Å²) in [6.45, 7) is 0.318. The minimum Gasteiger partial charge on any atom is -0.489 e. The second-order valence-corrected chi connectivity index (χ2v) is 4.16. The molecule has 108 valence electrons. The van der Waals surface area contributed by atoms with Crippen LogP contribution in [0.5, 0.6) is 5.75 Å². The first-order valence-corrected chi connectivity index (χ1v) is 5.94. The molecule has 1 aromatic carbocycles. The SMILES string of the molecule is Cl.Cn1ccc(-c2ccc(OC/C(=C/F)CN)cc2)n1. The summed E-state index contributed by atoms with van der Waals surface area (Å²) in [5, 5.41) is 4.31. The Morgan fingerprint density at radius 1 is 1.35 bits per heavy atom. The molecule has 0 aliphatic rings. The summed E-state index contributed by atoms with van der Waals surface area (Å²) in [6.07, 6.45) is 2.38. The molecule has 0 saturated carbocycles. The number of ether oxygens (including phenoxy) is 1. The molecule has 2 rings (SSSR count). The molecule has 0 radical (unpaired) electrons. The average Bonchev–Trinajstić information content (AvgIpc) is 2.87. The van der Waals surface area contributed by atoms with Crippen molar-refractivity contribution in [2.45, 2.75) is 0 Å². The molecule has 0 aliphatic carbocycles. The maximum absolute atomic E-state index is 12.3. The quantitative estimate of drug-likeness (QED) is 0.923. The summed E-state index contributed by atoms with van der Waals surface area (Å²) < 4.78 is 19.5. The summed E-state index contributed by atoms with van der Waals surface area (Å²) in [5.41, 5.74) is 7.69. The highest BCUT2D eigenvalue weighted by molar-refractivity contribution is 5.85. The summed E-state index contributed by atoms with van der Waals surface area (Å²) in [7, 11) is 1.87. The highest BCUT2D eigenvalue weighted by Crippen LogP contribution is 2.20. The van der Waals surface area contributed by atoms with Crippen LogP contribution in [0.15, 0.2) is 48.4 Å². The van der Waals surface area contributed by atoms with Crippen LogP contribution in [0.1, 0.15) is 0 Å². The van der Waals surface area contributed by atoms with Crippen molar-refractivity contribution in [3.63, 3.8) is 0 Å². The fraction of sp³-hybridized carbons (Fsp3) is 0.214. The Balaban J connectivity index is 0.00000200. The van der Waals surface area contributed by atoms with E-state index < -0.39 is 0 Å². The predicted molar refractivity (Wildman–Crippen MR) is 79.6 cm³/mol. The number of aromatic nitrogens is 2. The number of nitrogens with zero attached hydrogens (tertiary/aromatic N) is 2. The number of hydrogen-bond acceptors (Lipinski definition) is 3. The summed E-state index contributed by atoms with van der Waals surface area (Å²) in [4.78, 5) is 0. The fourth-order valence-corrected chi connectivity index (χ4v) is 1.60. The third kappa shape index (κ3) is 4.08. The zero-order valence-corrected chi connectivity index (χ0v) is 11.9. The molecule has 0 fully saturated rings. The number of hydrogen-bond donors (Lipinski definition) is 1. The van der Waals surface area contributed by atoms with Crippen molar-refractivity contribution in [2.75, 3.05) is 13.2 Å². The van der Waals surface area contributed by atoms with Crippen LogP contribution in [0.3, 0.4) is 0 Å². The standard InChI is InChI=1S/C14H16FN3O.ClH/c1-18-7-6-14(17-18)12-2-4-13(5-3-12)19-10-11(8-15)9-16;/h2-8H,9-10,16H2,1H3;1H/b11-8+;. The van der Waals surface area contributed by atoms with Gasteiger partial charge in [-0.15, -0.1) is 12.4 Å². The Hall–Kier alpha value is -1.85. The smallest absolute Gasteiger partial charge is 0.119 e. The lowest BCUT2D eigenvalue weighted by atomic mass is 10.1. The van der Waals surface area contributed by atoms with E-state index in [0.717, 1.165) is 11.3 Å². The van der Waals surface area contributed by atoms with Crippen LogP contribution in [0.25, 0.3) is 11.3 Å². The number of halogens is 2. The molecule has 4 nitrogen and oxygen atoms in total. The summed E-state index contributed by atoms with van der Waals surface area (Å²) in [5.74, 6) is 0.674. The monoisotopic (exact) mass is 297 g/mol. The van der Waals surface area contributed by atoms with Gasteiger partial charge in [0.15, 0.2) is 0 Å². The van der Waals surface area contributed by atoms with Crippen molar-refractivity contribution in [3.8, 4) is 17.0 Å². The molecule has 2 aromatic rings. The number of aryl methyl sites for hydroxylation is 1. The van der Waals surface area contributed by atoms with E-state index in [1.54, 1.807) is 4.68 Å². The van der Waals surface area contributed by atoms with Crippen molar-refractivity contribution in [1.29, 1.82) is 0 Å². The lowest BCUT2D eigenvalue weighted by molar-refractivity contribution is 0.347. The van der Waals surface area contributed by atoms with Crippen LogP contribution in [-0.4, -0.2) is 22.9 Å². The van der Waals surface area contributed by atoms with Gasteiger partial charge in [-0.3, -0.25) is 4.68 Å². The predicted octanol–water partition coefficient (Wildman–Crippen LogP) is 2.70. The Morgan fingerprint density at radius 2 is 2.05 bits per heavy atom. The second-order valence-electron chi connectivity index (χ2n) is 4.16. The summed E-state index contributed by atoms with van der Waals surface area (Å²) >= 11 is 0. The zero-order chi connectivity index (χ0) is 13.7. The zero-order valence-electron chi connectivity index (χ0n) is 11.1. The van der Waals surface area contributed by atoms with Crippen LogP contribution < -0.4 is 10.5 Å². The van der Waals surface area contributed by atoms with E-state index in [0.29, 0.717) is 17.7 Å². The molecule has 0 spiro atoms. The molecule has 0 saturated heterocycles. The van der Waals surface area contributed by atoms with Gasteiger partial charge in [0.25, 0.3) is 0 Å². The Morgan fingerprint density at radius 3 is 2.55 bits per heavy atom. The molecule has 1 aromatic heterocycles. The van der Waals surface area contributed by atoms with E-state index in [9.17, 15) is 4.39 Å². The van der Waals surface area contributed by atoms with Gasteiger partial charge in [-0.05, 0) is 30.3 Å². The van der Waals surface area contributed by atoms with Gasteiger partial charge in [0.1, 0.15) is 12.4 Å². The first kappa shape index (κ1) is 16.2. The van der Waals surface area contributed by atoms with Crippen LogP contribution in [0.2, 0.25) is 0 Å². The van der Waals surface area contributed by atoms with Crippen molar-refractivity contribution in [1.82, 2.24) is 9.78 Å².